The molecule has 0 bridgehead atoms. The van der Waals surface area contributed by atoms with Crippen LogP contribution in [0.3, 0.4) is 0 Å². The predicted molar refractivity (Wildman–Crippen MR) is 73.7 cm³/mol. The predicted octanol–water partition coefficient (Wildman–Crippen LogP) is 1.31. The van der Waals surface area contributed by atoms with E-state index >= 15 is 0 Å². The molecule has 0 amide bonds. The second-order valence-electron chi connectivity index (χ2n) is 4.36. The average molecular weight is 257 g/mol. The van der Waals surface area contributed by atoms with E-state index in [2.05, 4.69) is 30.7 Å². The van der Waals surface area contributed by atoms with Gasteiger partial charge in [-0.15, -0.1) is 0 Å². The second kappa shape index (κ2) is 4.97. The SMILES string of the molecule is Nc1cc2cn[nH]c2cc1NCCCc1ncn[nH]1. The minimum Gasteiger partial charge on any atom is -0.397 e. The van der Waals surface area contributed by atoms with Crippen LogP contribution in [0.1, 0.15) is 12.2 Å². The molecule has 0 fully saturated rings. The van der Waals surface area contributed by atoms with Gasteiger partial charge >= 0.3 is 0 Å². The summed E-state index contributed by atoms with van der Waals surface area (Å²) in [6, 6.07) is 3.89. The van der Waals surface area contributed by atoms with Gasteiger partial charge in [0, 0.05) is 18.4 Å². The van der Waals surface area contributed by atoms with Gasteiger partial charge in [-0.1, -0.05) is 0 Å². The third kappa shape index (κ3) is 2.49. The van der Waals surface area contributed by atoms with Gasteiger partial charge in [0.25, 0.3) is 0 Å². The number of rotatable bonds is 5. The number of nitrogens with two attached hydrogens (primary N) is 1. The van der Waals surface area contributed by atoms with Crippen LogP contribution in [0, 0.1) is 0 Å². The highest BCUT2D eigenvalue weighted by molar-refractivity contribution is 5.88. The summed E-state index contributed by atoms with van der Waals surface area (Å²) >= 11 is 0. The topological polar surface area (TPSA) is 108 Å². The normalized spacial score (nSPS) is 10.9. The number of anilines is 2. The number of nitrogens with one attached hydrogen (secondary N) is 3. The Morgan fingerprint density at radius 1 is 1.21 bits per heavy atom. The van der Waals surface area contributed by atoms with Gasteiger partial charge in [0.1, 0.15) is 12.2 Å². The number of nitrogen functional groups attached to an aromatic ring is 1. The third-order valence-electron chi connectivity index (χ3n) is 2.98. The standard InChI is InChI=1S/C12H15N7/c13-9-4-8-6-16-18-10(8)5-11(9)14-3-1-2-12-15-7-17-19-12/h4-7,14H,1-3,13H2,(H,16,18)(H,15,17,19). The molecule has 2 heterocycles. The fraction of sp³-hybridized carbons (Fsp3) is 0.250. The second-order valence-corrected chi connectivity index (χ2v) is 4.36. The summed E-state index contributed by atoms with van der Waals surface area (Å²) in [5, 5.41) is 17.9. The Labute approximate surface area is 109 Å². The van der Waals surface area contributed by atoms with Crippen molar-refractivity contribution in [2.75, 3.05) is 17.6 Å². The van der Waals surface area contributed by atoms with Crippen LogP contribution in [0.15, 0.2) is 24.7 Å². The van der Waals surface area contributed by atoms with Gasteiger partial charge in [0.05, 0.1) is 23.1 Å². The third-order valence-corrected chi connectivity index (χ3v) is 2.98. The number of aromatic nitrogens is 5. The lowest BCUT2D eigenvalue weighted by atomic mass is 10.2. The lowest BCUT2D eigenvalue weighted by molar-refractivity contribution is 0.806. The molecule has 0 spiro atoms. The molecule has 7 heteroatoms. The maximum atomic E-state index is 5.99. The van der Waals surface area contributed by atoms with Crippen LogP contribution < -0.4 is 11.1 Å². The van der Waals surface area contributed by atoms with E-state index in [1.807, 2.05) is 12.1 Å². The Morgan fingerprint density at radius 2 is 2.16 bits per heavy atom. The van der Waals surface area contributed by atoms with Crippen LogP contribution in [0.4, 0.5) is 11.4 Å². The Kier molecular flexibility index (Phi) is 3.01. The van der Waals surface area contributed by atoms with Crippen molar-refractivity contribution in [3.63, 3.8) is 0 Å². The van der Waals surface area contributed by atoms with E-state index in [0.717, 1.165) is 47.5 Å². The highest BCUT2D eigenvalue weighted by atomic mass is 15.2. The van der Waals surface area contributed by atoms with Crippen molar-refractivity contribution < 1.29 is 0 Å². The fourth-order valence-electron chi connectivity index (χ4n) is 1.99. The number of nitrogens with zero attached hydrogens (tertiary/aromatic N) is 3. The highest BCUT2D eigenvalue weighted by Crippen LogP contribution is 2.24. The average Bonchev–Trinajstić information content (AvgIpc) is 3.05. The molecule has 0 unspecified atom stereocenters. The molecule has 3 rings (SSSR count). The van der Waals surface area contributed by atoms with E-state index < -0.39 is 0 Å². The molecule has 0 saturated heterocycles. The zero-order valence-corrected chi connectivity index (χ0v) is 10.3. The van der Waals surface area contributed by atoms with Crippen LogP contribution in [0.25, 0.3) is 10.9 Å². The molecule has 19 heavy (non-hydrogen) atoms. The molecule has 98 valence electrons. The van der Waals surface area contributed by atoms with E-state index in [9.17, 15) is 0 Å². The molecule has 0 aliphatic carbocycles. The molecule has 2 aromatic heterocycles. The summed E-state index contributed by atoms with van der Waals surface area (Å²) in [6.07, 6.45) is 5.10. The first-order valence-corrected chi connectivity index (χ1v) is 6.13. The van der Waals surface area contributed by atoms with E-state index in [-0.39, 0.29) is 0 Å². The molecule has 0 aliphatic rings. The fourth-order valence-corrected chi connectivity index (χ4v) is 1.99. The molecule has 5 N–H and O–H groups in total. The van der Waals surface area contributed by atoms with Gasteiger partial charge in [0.15, 0.2) is 0 Å². The van der Waals surface area contributed by atoms with Gasteiger partial charge in [0.2, 0.25) is 0 Å². The molecule has 0 radical (unpaired) electrons. The highest BCUT2D eigenvalue weighted by Gasteiger charge is 2.03. The minimum atomic E-state index is 0.730. The van der Waals surface area contributed by atoms with Crippen LogP contribution in [0.5, 0.6) is 0 Å². The van der Waals surface area contributed by atoms with Crippen molar-refractivity contribution >= 4 is 22.3 Å². The Bertz CT molecular complexity index is 656. The Hall–Kier alpha value is -2.57. The van der Waals surface area contributed by atoms with Crippen LogP contribution >= 0.6 is 0 Å². The number of fused-ring (bicyclic) bond motifs is 1. The van der Waals surface area contributed by atoms with E-state index in [4.69, 9.17) is 5.73 Å². The van der Waals surface area contributed by atoms with Gasteiger partial charge < -0.3 is 11.1 Å². The minimum absolute atomic E-state index is 0.730. The summed E-state index contributed by atoms with van der Waals surface area (Å²) in [7, 11) is 0. The molecule has 1 aromatic carbocycles. The number of hydrogen-bond donors (Lipinski definition) is 4. The van der Waals surface area contributed by atoms with Crippen molar-refractivity contribution in [2.45, 2.75) is 12.8 Å². The monoisotopic (exact) mass is 257 g/mol. The zero-order valence-electron chi connectivity index (χ0n) is 10.3. The molecule has 0 aliphatic heterocycles. The summed E-state index contributed by atoms with van der Waals surface area (Å²) < 4.78 is 0. The van der Waals surface area contributed by atoms with E-state index in [0.29, 0.717) is 0 Å². The molecule has 3 aromatic rings. The summed E-state index contributed by atoms with van der Waals surface area (Å²) in [6.45, 7) is 0.824. The first-order valence-electron chi connectivity index (χ1n) is 6.13. The largest absolute Gasteiger partial charge is 0.397 e. The van der Waals surface area contributed by atoms with E-state index in [1.54, 1.807) is 6.20 Å². The lowest BCUT2D eigenvalue weighted by Gasteiger charge is -2.08. The molecule has 7 nitrogen and oxygen atoms in total. The van der Waals surface area contributed by atoms with Gasteiger partial charge in [-0.25, -0.2) is 4.98 Å². The van der Waals surface area contributed by atoms with Gasteiger partial charge in [-0.2, -0.15) is 10.2 Å². The lowest BCUT2D eigenvalue weighted by Crippen LogP contribution is -2.05. The van der Waals surface area contributed by atoms with Crippen molar-refractivity contribution in [1.82, 2.24) is 25.4 Å². The van der Waals surface area contributed by atoms with Gasteiger partial charge in [-0.05, 0) is 18.6 Å². The number of aryl methyl sites for hydroxylation is 1. The summed E-state index contributed by atoms with van der Waals surface area (Å²) in [5.41, 5.74) is 8.62. The van der Waals surface area contributed by atoms with Crippen LogP contribution in [0.2, 0.25) is 0 Å². The molecule has 0 atom stereocenters. The first-order chi connectivity index (χ1) is 9.33. The number of hydrogen-bond acceptors (Lipinski definition) is 5. The van der Waals surface area contributed by atoms with Crippen LogP contribution in [-0.4, -0.2) is 31.9 Å². The maximum Gasteiger partial charge on any atom is 0.137 e. The number of aromatic amines is 2. The summed E-state index contributed by atoms with van der Waals surface area (Å²) in [4.78, 5) is 4.08. The van der Waals surface area contributed by atoms with Crippen molar-refractivity contribution in [3.05, 3.63) is 30.5 Å². The molecule has 0 saturated carbocycles. The number of H-pyrrole nitrogens is 2. The number of benzene rings is 1. The Balaban J connectivity index is 1.60. The van der Waals surface area contributed by atoms with Crippen LogP contribution in [-0.2, 0) is 6.42 Å². The van der Waals surface area contributed by atoms with E-state index in [1.165, 1.54) is 6.33 Å². The van der Waals surface area contributed by atoms with Crippen molar-refractivity contribution in [3.8, 4) is 0 Å². The smallest absolute Gasteiger partial charge is 0.137 e. The van der Waals surface area contributed by atoms with Crippen molar-refractivity contribution in [2.24, 2.45) is 0 Å². The zero-order chi connectivity index (χ0) is 13.1. The quantitative estimate of drug-likeness (QED) is 0.407. The first kappa shape index (κ1) is 11.5. The molecular weight excluding hydrogens is 242 g/mol. The molecular formula is C12H15N7. The Morgan fingerprint density at radius 3 is 3.00 bits per heavy atom. The van der Waals surface area contributed by atoms with Crippen molar-refractivity contribution in [1.29, 1.82) is 0 Å². The van der Waals surface area contributed by atoms with Gasteiger partial charge in [-0.3, -0.25) is 10.2 Å². The maximum absolute atomic E-state index is 5.99. The summed E-state index contributed by atoms with van der Waals surface area (Å²) in [5.74, 6) is 0.902.